The summed E-state index contributed by atoms with van der Waals surface area (Å²) < 4.78 is 77.7. The predicted molar refractivity (Wildman–Crippen MR) is 226 cm³/mol. The Morgan fingerprint density at radius 2 is 1.23 bits per heavy atom. The molecule has 0 saturated heterocycles. The van der Waals surface area contributed by atoms with Gasteiger partial charge in [0.05, 0.1) is 65.2 Å². The minimum atomic E-state index is -2.80. The van der Waals surface area contributed by atoms with Crippen LogP contribution in [0.3, 0.4) is 0 Å². The Labute approximate surface area is 363 Å². The Morgan fingerprint density at radius 3 is 1.77 bits per heavy atom. The maximum absolute atomic E-state index is 14.9. The minimum Gasteiger partial charge on any atom is -0.484 e. The Bertz CT molecular complexity index is 3220. The van der Waals surface area contributed by atoms with Gasteiger partial charge in [-0.2, -0.15) is 30.3 Å². The Morgan fingerprint density at radius 1 is 0.703 bits per heavy atom. The van der Waals surface area contributed by atoms with Crippen LogP contribution in [0.2, 0.25) is 0 Å². The van der Waals surface area contributed by atoms with Gasteiger partial charge in [-0.15, -0.1) is 0 Å². The van der Waals surface area contributed by atoms with Crippen molar-refractivity contribution in [2.24, 2.45) is 7.05 Å². The van der Waals surface area contributed by atoms with E-state index in [4.69, 9.17) is 9.47 Å². The summed E-state index contributed by atoms with van der Waals surface area (Å²) in [5.41, 5.74) is 5.94. The summed E-state index contributed by atoms with van der Waals surface area (Å²) in [5, 5.41) is 29.0. The molecule has 8 aromatic rings. The highest BCUT2D eigenvalue weighted by atomic mass is 19.3. The quantitative estimate of drug-likeness (QED) is 0.130. The number of pyridine rings is 2. The zero-order valence-electron chi connectivity index (χ0n) is 34.9. The maximum atomic E-state index is 14.9. The van der Waals surface area contributed by atoms with Crippen molar-refractivity contribution in [1.82, 2.24) is 49.1 Å². The Balaban J connectivity index is 0.877. The highest BCUT2D eigenvalue weighted by molar-refractivity contribution is 5.84. The van der Waals surface area contributed by atoms with E-state index in [9.17, 15) is 22.8 Å². The number of ether oxygens (including phenoxy) is 2. The summed E-state index contributed by atoms with van der Waals surface area (Å²) in [4.78, 5) is 13.4. The number of rotatable bonds is 9. The topological polar surface area (TPSA) is 144 Å². The van der Waals surface area contributed by atoms with E-state index in [1.807, 2.05) is 57.4 Å². The lowest BCUT2D eigenvalue weighted by Crippen LogP contribution is -2.20. The smallest absolute Gasteiger partial charge is 0.357 e. The number of alkyl halides is 4. The van der Waals surface area contributed by atoms with Crippen molar-refractivity contribution in [2.45, 2.75) is 84.1 Å². The lowest BCUT2D eigenvalue weighted by atomic mass is 9.88. The number of fused-ring (bicyclic) bond motifs is 4. The molecule has 0 N–H and O–H groups in total. The zero-order valence-corrected chi connectivity index (χ0v) is 34.9. The average molecular weight is 868 g/mol. The first kappa shape index (κ1) is 40.5. The first-order chi connectivity index (χ1) is 31.0. The van der Waals surface area contributed by atoms with Crippen LogP contribution in [0.25, 0.3) is 38.0 Å². The highest BCUT2D eigenvalue weighted by Crippen LogP contribution is 2.41. The summed E-state index contributed by atoms with van der Waals surface area (Å²) in [6.07, 6.45) is 9.54. The molecular formula is C46H39F4N12O2+. The summed E-state index contributed by atoms with van der Waals surface area (Å²) in [6.45, 7) is 3.82. The fraction of sp³-hybridized carbons (Fsp3) is 0.304. The van der Waals surface area contributed by atoms with Gasteiger partial charge >= 0.3 is 12.7 Å². The third-order valence-electron chi connectivity index (χ3n) is 12.0. The molecule has 322 valence electrons. The molecule has 2 atom stereocenters. The average Bonchev–Trinajstić information content (AvgIpc) is 4.10. The molecule has 64 heavy (non-hydrogen) atoms. The number of hydrogen-bond donors (Lipinski definition) is 0. The van der Waals surface area contributed by atoms with E-state index in [0.717, 1.165) is 33.1 Å². The van der Waals surface area contributed by atoms with Gasteiger partial charge in [-0.3, -0.25) is 14.6 Å². The molecule has 10 rings (SSSR count). The zero-order chi connectivity index (χ0) is 44.2. The third kappa shape index (κ3) is 7.24. The minimum absolute atomic E-state index is 0.0161. The van der Waals surface area contributed by atoms with Crippen LogP contribution in [0.15, 0.2) is 73.8 Å². The SMILES string of the molecule is Cc1cc2cnn(-c3cnn(C)c3)c2cc1O[C@H]1CCCc2c1ncc(C#[N+]Cn1cc(-n3ncc4cc(C)c(O[C@@H]5CCCc6c5ncc(C#N)c6C(F)F)cc43)cn1)c2C(F)F. The highest BCUT2D eigenvalue weighted by Gasteiger charge is 2.33. The van der Waals surface area contributed by atoms with E-state index in [1.165, 1.54) is 12.4 Å². The lowest BCUT2D eigenvalue weighted by molar-refractivity contribution is 0.144. The molecule has 2 aliphatic carbocycles. The van der Waals surface area contributed by atoms with Crippen LogP contribution in [-0.4, -0.2) is 49.1 Å². The third-order valence-corrected chi connectivity index (χ3v) is 12.0. The molecule has 0 saturated carbocycles. The van der Waals surface area contributed by atoms with E-state index < -0.39 is 25.1 Å². The largest absolute Gasteiger partial charge is 0.484 e. The van der Waals surface area contributed by atoms with E-state index in [1.54, 1.807) is 49.7 Å². The number of aromatic nitrogens is 10. The first-order valence-electron chi connectivity index (χ1n) is 20.8. The molecule has 2 aliphatic rings. The predicted octanol–water partition coefficient (Wildman–Crippen LogP) is 9.70. The number of hydrogen-bond acceptors (Lipinski definition) is 9. The molecular weight excluding hydrogens is 829 g/mol. The molecule has 18 heteroatoms. The van der Waals surface area contributed by atoms with E-state index in [0.29, 0.717) is 83.7 Å². The summed E-state index contributed by atoms with van der Waals surface area (Å²) in [5.74, 6) is 1.16. The molecule has 6 heterocycles. The van der Waals surface area contributed by atoms with E-state index in [-0.39, 0.29) is 28.9 Å². The van der Waals surface area contributed by atoms with Crippen molar-refractivity contribution in [2.75, 3.05) is 0 Å². The molecule has 0 spiro atoms. The van der Waals surface area contributed by atoms with Crippen LogP contribution in [-0.2, 0) is 26.6 Å². The molecule has 14 nitrogen and oxygen atoms in total. The second-order valence-electron chi connectivity index (χ2n) is 16.1. The van der Waals surface area contributed by atoms with Crippen LogP contribution in [0.4, 0.5) is 17.6 Å². The van der Waals surface area contributed by atoms with Gasteiger partial charge in [0.1, 0.15) is 46.7 Å². The summed E-state index contributed by atoms with van der Waals surface area (Å²) >= 11 is 0. The van der Waals surface area contributed by atoms with Gasteiger partial charge in [0.25, 0.3) is 12.9 Å². The van der Waals surface area contributed by atoms with Gasteiger partial charge in [-0.05, 0) is 86.8 Å². The maximum Gasteiger partial charge on any atom is 0.357 e. The summed E-state index contributed by atoms with van der Waals surface area (Å²) in [6, 6.07) is 12.4. The van der Waals surface area contributed by atoms with E-state index >= 15 is 0 Å². The molecule has 6 aromatic heterocycles. The standard InChI is InChI=1S/C46H39F4N12O2/c1-25-10-27-18-57-61(31-20-55-59(3)22-31)35(27)12-39(25)64-38-9-5-7-34-42(46(49)50)30(17-54-44(34)38)15-52-24-60-23-32(21-56-60)62-36-13-40(26(2)11-28(36)19-58-62)63-37-8-4-6-33-41(45(47)48)29(14-51)16-53-43(33)37/h10-13,16-23,37-38,45-46H,4-9,24H2,1-3H3/q+1/t37-,38+/m1/s1. The van der Waals surface area contributed by atoms with Crippen LogP contribution in [0, 0.1) is 31.2 Å². The van der Waals surface area contributed by atoms with Crippen molar-refractivity contribution >= 4 is 21.8 Å². The molecule has 0 unspecified atom stereocenters. The summed E-state index contributed by atoms with van der Waals surface area (Å²) in [7, 11) is 1.84. The van der Waals surface area contributed by atoms with Gasteiger partial charge in [0.2, 0.25) is 0 Å². The molecule has 0 radical (unpaired) electrons. The van der Waals surface area contributed by atoms with Crippen LogP contribution in [0.5, 0.6) is 11.5 Å². The fourth-order valence-corrected chi connectivity index (χ4v) is 8.91. The van der Waals surface area contributed by atoms with E-state index in [2.05, 4.69) is 41.3 Å². The van der Waals surface area contributed by atoms with Gasteiger partial charge in [-0.1, -0.05) is 4.85 Å². The molecule has 0 bridgehead atoms. The van der Waals surface area contributed by atoms with Crippen molar-refractivity contribution in [3.63, 3.8) is 0 Å². The number of halogens is 4. The fourth-order valence-electron chi connectivity index (χ4n) is 8.91. The van der Waals surface area contributed by atoms with Gasteiger partial charge in [0.15, 0.2) is 0 Å². The molecule has 0 amide bonds. The van der Waals surface area contributed by atoms with Crippen LogP contribution >= 0.6 is 0 Å². The molecule has 2 aromatic carbocycles. The Hall–Kier alpha value is -7.60. The molecule has 0 aliphatic heterocycles. The number of nitrogens with zero attached hydrogens (tertiary/aromatic N) is 12. The van der Waals surface area contributed by atoms with Crippen molar-refractivity contribution in [1.29, 1.82) is 5.26 Å². The molecule has 0 fully saturated rings. The van der Waals surface area contributed by atoms with Gasteiger partial charge < -0.3 is 9.47 Å². The van der Waals surface area contributed by atoms with Crippen molar-refractivity contribution in [3.05, 3.63) is 135 Å². The number of nitriles is 1. The Kier molecular flexibility index (Phi) is 10.3. The monoisotopic (exact) mass is 867 g/mol. The van der Waals surface area contributed by atoms with Gasteiger partial charge in [-0.25, -0.2) is 26.9 Å². The number of benzene rings is 2. The second-order valence-corrected chi connectivity index (χ2v) is 16.1. The van der Waals surface area contributed by atoms with Crippen molar-refractivity contribution < 1.29 is 27.0 Å². The normalized spacial score (nSPS) is 15.9. The number of aryl methyl sites for hydroxylation is 3. The second kappa shape index (κ2) is 16.3. The lowest BCUT2D eigenvalue weighted by Gasteiger charge is -2.28. The van der Waals surface area contributed by atoms with Crippen molar-refractivity contribution in [3.8, 4) is 35.0 Å². The van der Waals surface area contributed by atoms with Crippen LogP contribution in [0.1, 0.15) is 107 Å². The van der Waals surface area contributed by atoms with Crippen LogP contribution < -0.4 is 9.47 Å². The first-order valence-corrected chi connectivity index (χ1v) is 20.8. The van der Waals surface area contributed by atoms with Gasteiger partial charge in [0, 0.05) is 53.5 Å².